The molecule has 0 spiro atoms. The van der Waals surface area contributed by atoms with E-state index in [0.29, 0.717) is 18.5 Å². The standard InChI is InChI=1S/C20H19FN2O/c1-13-3-8-19-17(11-13)18(12-14(2)23-19)20(24)22-10-9-15-4-6-16(21)7-5-15/h3-8,11-12H,9-10H2,1-2H3,(H,22,24). The molecule has 0 bridgehead atoms. The fraction of sp³-hybridized carbons (Fsp3) is 0.200. The molecule has 1 aromatic heterocycles. The van der Waals surface area contributed by atoms with Crippen LogP contribution in [0.15, 0.2) is 48.5 Å². The van der Waals surface area contributed by atoms with E-state index in [9.17, 15) is 9.18 Å². The van der Waals surface area contributed by atoms with E-state index in [0.717, 1.165) is 27.7 Å². The van der Waals surface area contributed by atoms with Gasteiger partial charge in [-0.1, -0.05) is 23.8 Å². The Balaban J connectivity index is 1.76. The fourth-order valence-electron chi connectivity index (χ4n) is 2.73. The summed E-state index contributed by atoms with van der Waals surface area (Å²) in [6, 6.07) is 14.1. The molecule has 122 valence electrons. The molecule has 0 aliphatic rings. The Hall–Kier alpha value is -2.75. The van der Waals surface area contributed by atoms with Gasteiger partial charge in [-0.2, -0.15) is 0 Å². The van der Waals surface area contributed by atoms with Gasteiger partial charge in [0, 0.05) is 17.6 Å². The summed E-state index contributed by atoms with van der Waals surface area (Å²) in [6.45, 7) is 4.38. The van der Waals surface area contributed by atoms with Crippen LogP contribution in [0.4, 0.5) is 4.39 Å². The molecule has 0 radical (unpaired) electrons. The predicted molar refractivity (Wildman–Crippen MR) is 93.7 cm³/mol. The second kappa shape index (κ2) is 6.79. The molecule has 2 aromatic carbocycles. The zero-order valence-electron chi connectivity index (χ0n) is 13.8. The summed E-state index contributed by atoms with van der Waals surface area (Å²) in [6.07, 6.45) is 0.660. The maximum absolute atomic E-state index is 12.9. The summed E-state index contributed by atoms with van der Waals surface area (Å²) >= 11 is 0. The molecule has 3 nitrogen and oxygen atoms in total. The number of carbonyl (C=O) groups is 1. The van der Waals surface area contributed by atoms with Crippen molar-refractivity contribution in [2.24, 2.45) is 0 Å². The molecule has 3 aromatic rings. The summed E-state index contributed by atoms with van der Waals surface area (Å²) < 4.78 is 12.9. The third-order valence-electron chi connectivity index (χ3n) is 3.95. The largest absolute Gasteiger partial charge is 0.352 e. The molecule has 0 unspecified atom stereocenters. The lowest BCUT2D eigenvalue weighted by Crippen LogP contribution is -2.26. The van der Waals surface area contributed by atoms with Gasteiger partial charge in [-0.05, 0) is 56.2 Å². The van der Waals surface area contributed by atoms with Crippen LogP contribution < -0.4 is 5.32 Å². The zero-order chi connectivity index (χ0) is 17.1. The van der Waals surface area contributed by atoms with Crippen LogP contribution >= 0.6 is 0 Å². The molecular formula is C20H19FN2O. The SMILES string of the molecule is Cc1ccc2nc(C)cc(C(=O)NCCc3ccc(F)cc3)c2c1. The van der Waals surface area contributed by atoms with Gasteiger partial charge in [-0.25, -0.2) is 4.39 Å². The van der Waals surface area contributed by atoms with Crippen LogP contribution in [0.2, 0.25) is 0 Å². The number of benzene rings is 2. The van der Waals surface area contributed by atoms with Crippen LogP contribution in [0.3, 0.4) is 0 Å². The molecule has 0 saturated heterocycles. The smallest absolute Gasteiger partial charge is 0.252 e. The molecule has 1 heterocycles. The quantitative estimate of drug-likeness (QED) is 0.790. The fourth-order valence-corrected chi connectivity index (χ4v) is 2.73. The van der Waals surface area contributed by atoms with E-state index < -0.39 is 0 Å². The number of pyridine rings is 1. The van der Waals surface area contributed by atoms with E-state index in [4.69, 9.17) is 0 Å². The number of hydrogen-bond donors (Lipinski definition) is 1. The third kappa shape index (κ3) is 3.59. The Morgan fingerprint density at radius 1 is 1.08 bits per heavy atom. The van der Waals surface area contributed by atoms with Crippen molar-refractivity contribution < 1.29 is 9.18 Å². The molecule has 0 atom stereocenters. The normalized spacial score (nSPS) is 10.8. The van der Waals surface area contributed by atoms with Gasteiger partial charge in [-0.3, -0.25) is 9.78 Å². The summed E-state index contributed by atoms with van der Waals surface area (Å²) in [7, 11) is 0. The lowest BCUT2D eigenvalue weighted by molar-refractivity contribution is 0.0955. The van der Waals surface area contributed by atoms with Crippen LogP contribution in [0.25, 0.3) is 10.9 Å². The minimum Gasteiger partial charge on any atom is -0.352 e. The molecule has 0 fully saturated rings. The Labute approximate surface area is 140 Å². The molecule has 0 aliphatic heterocycles. The zero-order valence-corrected chi connectivity index (χ0v) is 13.8. The van der Waals surface area contributed by atoms with Crippen LogP contribution in [0.5, 0.6) is 0 Å². The minimum absolute atomic E-state index is 0.113. The molecule has 24 heavy (non-hydrogen) atoms. The van der Waals surface area contributed by atoms with Gasteiger partial charge >= 0.3 is 0 Å². The maximum atomic E-state index is 12.9. The van der Waals surface area contributed by atoms with E-state index in [1.54, 1.807) is 12.1 Å². The van der Waals surface area contributed by atoms with Crippen molar-refractivity contribution in [2.75, 3.05) is 6.54 Å². The van der Waals surface area contributed by atoms with Crippen molar-refractivity contribution in [3.05, 3.63) is 76.7 Å². The third-order valence-corrected chi connectivity index (χ3v) is 3.95. The topological polar surface area (TPSA) is 42.0 Å². The highest BCUT2D eigenvalue weighted by Crippen LogP contribution is 2.20. The number of amides is 1. The first-order chi connectivity index (χ1) is 11.5. The van der Waals surface area contributed by atoms with E-state index in [2.05, 4.69) is 10.3 Å². The second-order valence-corrected chi connectivity index (χ2v) is 5.96. The van der Waals surface area contributed by atoms with Gasteiger partial charge in [0.2, 0.25) is 0 Å². The second-order valence-electron chi connectivity index (χ2n) is 5.96. The summed E-state index contributed by atoms with van der Waals surface area (Å²) in [4.78, 5) is 17.0. The average Bonchev–Trinajstić information content (AvgIpc) is 2.56. The average molecular weight is 322 g/mol. The molecule has 1 amide bonds. The van der Waals surface area contributed by atoms with Crippen molar-refractivity contribution in [1.29, 1.82) is 0 Å². The van der Waals surface area contributed by atoms with Crippen LogP contribution in [0.1, 0.15) is 27.2 Å². The Bertz CT molecular complexity index is 888. The highest BCUT2D eigenvalue weighted by molar-refractivity contribution is 6.06. The minimum atomic E-state index is -0.253. The number of fused-ring (bicyclic) bond motifs is 1. The lowest BCUT2D eigenvalue weighted by atomic mass is 10.0. The van der Waals surface area contributed by atoms with Gasteiger partial charge in [0.15, 0.2) is 0 Å². The highest BCUT2D eigenvalue weighted by atomic mass is 19.1. The molecule has 3 rings (SSSR count). The number of aryl methyl sites for hydroxylation is 2. The van der Waals surface area contributed by atoms with E-state index in [1.165, 1.54) is 12.1 Å². The van der Waals surface area contributed by atoms with E-state index >= 15 is 0 Å². The van der Waals surface area contributed by atoms with Gasteiger partial charge in [0.05, 0.1) is 11.1 Å². The molecule has 0 saturated carbocycles. The van der Waals surface area contributed by atoms with Gasteiger partial charge < -0.3 is 5.32 Å². The number of aromatic nitrogens is 1. The highest BCUT2D eigenvalue weighted by Gasteiger charge is 2.12. The number of carbonyl (C=O) groups excluding carboxylic acids is 1. The monoisotopic (exact) mass is 322 g/mol. The van der Waals surface area contributed by atoms with Crippen LogP contribution in [-0.2, 0) is 6.42 Å². The molecule has 4 heteroatoms. The summed E-state index contributed by atoms with van der Waals surface area (Å²) in [5.74, 6) is -0.366. The number of nitrogens with one attached hydrogen (secondary N) is 1. The molecule has 0 aliphatic carbocycles. The maximum Gasteiger partial charge on any atom is 0.252 e. The molecular weight excluding hydrogens is 303 g/mol. The number of rotatable bonds is 4. The Kier molecular flexibility index (Phi) is 4.56. The first kappa shape index (κ1) is 16.1. The van der Waals surface area contributed by atoms with Gasteiger partial charge in [0.1, 0.15) is 5.82 Å². The van der Waals surface area contributed by atoms with Gasteiger partial charge in [-0.15, -0.1) is 0 Å². The van der Waals surface area contributed by atoms with Crippen molar-refractivity contribution >= 4 is 16.8 Å². The van der Waals surface area contributed by atoms with E-state index in [1.807, 2.05) is 38.1 Å². The predicted octanol–water partition coefficient (Wildman–Crippen LogP) is 3.96. The summed E-state index contributed by atoms with van der Waals surface area (Å²) in [5.41, 5.74) is 4.36. The lowest BCUT2D eigenvalue weighted by Gasteiger charge is -2.10. The van der Waals surface area contributed by atoms with E-state index in [-0.39, 0.29) is 11.7 Å². The van der Waals surface area contributed by atoms with Crippen molar-refractivity contribution in [1.82, 2.24) is 10.3 Å². The number of nitrogens with zero attached hydrogens (tertiary/aromatic N) is 1. The molecule has 1 N–H and O–H groups in total. The van der Waals surface area contributed by atoms with Crippen molar-refractivity contribution in [3.63, 3.8) is 0 Å². The Morgan fingerprint density at radius 3 is 2.58 bits per heavy atom. The Morgan fingerprint density at radius 2 is 1.83 bits per heavy atom. The first-order valence-electron chi connectivity index (χ1n) is 7.93. The van der Waals surface area contributed by atoms with Crippen LogP contribution in [0, 0.1) is 19.7 Å². The van der Waals surface area contributed by atoms with Crippen LogP contribution in [-0.4, -0.2) is 17.4 Å². The number of halogens is 1. The number of hydrogen-bond acceptors (Lipinski definition) is 2. The first-order valence-corrected chi connectivity index (χ1v) is 7.93. The van der Waals surface area contributed by atoms with Crippen molar-refractivity contribution in [2.45, 2.75) is 20.3 Å². The van der Waals surface area contributed by atoms with Gasteiger partial charge in [0.25, 0.3) is 5.91 Å². The summed E-state index contributed by atoms with van der Waals surface area (Å²) in [5, 5.41) is 3.80. The van der Waals surface area contributed by atoms with Crippen molar-refractivity contribution in [3.8, 4) is 0 Å².